The summed E-state index contributed by atoms with van der Waals surface area (Å²) in [7, 11) is 0. The standard InChI is InChI=1S/C21H28N4O4/c1-3-28-17-10-12-24(13-11-17)15-19(26)23-20-18(21(27)29-4-2)14-22-25(20)16-8-6-5-7-9-16/h5-9,14,17H,3-4,10-13,15H2,1-2H3,(H,23,26). The Morgan fingerprint density at radius 2 is 1.86 bits per heavy atom. The van der Waals surface area contributed by atoms with Crippen LogP contribution in [0.3, 0.4) is 0 Å². The SMILES string of the molecule is CCOC(=O)c1cnn(-c2ccccc2)c1NC(=O)CN1CCC(OCC)CC1. The van der Waals surface area contributed by atoms with E-state index in [0.29, 0.717) is 12.4 Å². The minimum atomic E-state index is -0.512. The summed E-state index contributed by atoms with van der Waals surface area (Å²) in [4.78, 5) is 27.1. The number of aromatic nitrogens is 2. The number of likely N-dealkylation sites (tertiary alicyclic amines) is 1. The molecule has 2 aromatic rings. The number of para-hydroxylation sites is 1. The molecule has 8 nitrogen and oxygen atoms in total. The Labute approximate surface area is 170 Å². The van der Waals surface area contributed by atoms with Crippen molar-refractivity contribution in [2.45, 2.75) is 32.8 Å². The number of nitrogens with zero attached hydrogens (tertiary/aromatic N) is 3. The molecule has 1 aromatic heterocycles. The van der Waals surface area contributed by atoms with E-state index < -0.39 is 5.97 Å². The molecule has 1 aromatic carbocycles. The van der Waals surface area contributed by atoms with Crippen molar-refractivity contribution >= 4 is 17.7 Å². The van der Waals surface area contributed by atoms with Gasteiger partial charge >= 0.3 is 5.97 Å². The third kappa shape index (κ3) is 5.42. The Kier molecular flexibility index (Phi) is 7.37. The van der Waals surface area contributed by atoms with Gasteiger partial charge in [0.15, 0.2) is 5.82 Å². The van der Waals surface area contributed by atoms with Crippen LogP contribution in [0, 0.1) is 0 Å². The molecule has 0 spiro atoms. The molecule has 1 aliphatic rings. The predicted octanol–water partition coefficient (Wildman–Crippen LogP) is 2.49. The van der Waals surface area contributed by atoms with Crippen LogP contribution >= 0.6 is 0 Å². The van der Waals surface area contributed by atoms with Gasteiger partial charge in [0, 0.05) is 19.7 Å². The van der Waals surface area contributed by atoms with E-state index in [2.05, 4.69) is 15.3 Å². The molecule has 0 unspecified atom stereocenters. The molecule has 3 rings (SSSR count). The van der Waals surface area contributed by atoms with Crippen LogP contribution in [0.4, 0.5) is 5.82 Å². The number of esters is 1. The summed E-state index contributed by atoms with van der Waals surface area (Å²) in [6.45, 7) is 6.56. The van der Waals surface area contributed by atoms with E-state index >= 15 is 0 Å². The Bertz CT molecular complexity index is 813. The zero-order valence-electron chi connectivity index (χ0n) is 17.0. The second-order valence-electron chi connectivity index (χ2n) is 6.85. The number of ether oxygens (including phenoxy) is 2. The number of hydrogen-bond donors (Lipinski definition) is 1. The molecule has 156 valence electrons. The smallest absolute Gasteiger partial charge is 0.343 e. The zero-order valence-corrected chi connectivity index (χ0v) is 17.0. The van der Waals surface area contributed by atoms with Gasteiger partial charge in [0.05, 0.1) is 31.1 Å². The van der Waals surface area contributed by atoms with Crippen molar-refractivity contribution in [1.29, 1.82) is 0 Å². The number of nitrogens with one attached hydrogen (secondary N) is 1. The Hall–Kier alpha value is -2.71. The fourth-order valence-electron chi connectivity index (χ4n) is 3.44. The third-order valence-electron chi connectivity index (χ3n) is 4.83. The maximum Gasteiger partial charge on any atom is 0.343 e. The topological polar surface area (TPSA) is 85.7 Å². The van der Waals surface area contributed by atoms with Crippen LogP contribution in [0.15, 0.2) is 36.5 Å². The molecule has 29 heavy (non-hydrogen) atoms. The van der Waals surface area contributed by atoms with Crippen LogP contribution in [0.25, 0.3) is 5.69 Å². The molecular weight excluding hydrogens is 372 g/mol. The summed E-state index contributed by atoms with van der Waals surface area (Å²) in [6.07, 6.45) is 3.52. The number of piperidine rings is 1. The molecule has 2 heterocycles. The highest BCUT2D eigenvalue weighted by atomic mass is 16.5. The van der Waals surface area contributed by atoms with Crippen molar-refractivity contribution in [2.75, 3.05) is 38.2 Å². The summed E-state index contributed by atoms with van der Waals surface area (Å²) in [5.41, 5.74) is 0.981. The molecule has 8 heteroatoms. The van der Waals surface area contributed by atoms with Gasteiger partial charge in [-0.2, -0.15) is 5.10 Å². The third-order valence-corrected chi connectivity index (χ3v) is 4.83. The number of benzene rings is 1. The summed E-state index contributed by atoms with van der Waals surface area (Å²) >= 11 is 0. The Morgan fingerprint density at radius 3 is 2.52 bits per heavy atom. The monoisotopic (exact) mass is 400 g/mol. The largest absolute Gasteiger partial charge is 0.462 e. The maximum absolute atomic E-state index is 12.7. The van der Waals surface area contributed by atoms with Crippen LogP contribution < -0.4 is 5.32 Å². The first kappa shape index (κ1) is 21.0. The van der Waals surface area contributed by atoms with Gasteiger partial charge in [0.2, 0.25) is 5.91 Å². The first-order valence-electron chi connectivity index (χ1n) is 10.1. The second-order valence-corrected chi connectivity index (χ2v) is 6.85. The van der Waals surface area contributed by atoms with E-state index in [4.69, 9.17) is 9.47 Å². The molecule has 0 saturated carbocycles. The molecule has 1 fully saturated rings. The molecule has 0 atom stereocenters. The minimum Gasteiger partial charge on any atom is -0.462 e. The van der Waals surface area contributed by atoms with Gasteiger partial charge < -0.3 is 14.8 Å². The number of amides is 1. The van der Waals surface area contributed by atoms with Crippen molar-refractivity contribution in [2.24, 2.45) is 0 Å². The van der Waals surface area contributed by atoms with Gasteiger partial charge in [-0.1, -0.05) is 18.2 Å². The summed E-state index contributed by atoms with van der Waals surface area (Å²) in [6, 6.07) is 9.35. The number of carbonyl (C=O) groups is 2. The van der Waals surface area contributed by atoms with Gasteiger partial charge in [-0.05, 0) is 38.8 Å². The van der Waals surface area contributed by atoms with E-state index in [1.807, 2.05) is 37.3 Å². The van der Waals surface area contributed by atoms with E-state index in [9.17, 15) is 9.59 Å². The van der Waals surface area contributed by atoms with Crippen molar-refractivity contribution < 1.29 is 19.1 Å². The molecule has 0 bridgehead atoms. The van der Waals surface area contributed by atoms with E-state index in [0.717, 1.165) is 31.6 Å². The van der Waals surface area contributed by atoms with Crippen LogP contribution in [0.2, 0.25) is 0 Å². The van der Waals surface area contributed by atoms with Gasteiger partial charge in [0.1, 0.15) is 5.56 Å². The van der Waals surface area contributed by atoms with Gasteiger partial charge in [-0.25, -0.2) is 9.48 Å². The van der Waals surface area contributed by atoms with Gasteiger partial charge in [-0.3, -0.25) is 9.69 Å². The van der Waals surface area contributed by atoms with E-state index in [1.54, 1.807) is 11.6 Å². The lowest BCUT2D eigenvalue weighted by atomic mass is 10.1. The molecule has 0 radical (unpaired) electrons. The van der Waals surface area contributed by atoms with Crippen LogP contribution in [0.1, 0.15) is 37.0 Å². The highest BCUT2D eigenvalue weighted by Gasteiger charge is 2.24. The average molecular weight is 400 g/mol. The molecule has 0 aliphatic carbocycles. The first-order chi connectivity index (χ1) is 14.1. The quantitative estimate of drug-likeness (QED) is 0.685. The Balaban J connectivity index is 1.72. The van der Waals surface area contributed by atoms with Crippen LogP contribution in [-0.2, 0) is 14.3 Å². The first-order valence-corrected chi connectivity index (χ1v) is 10.1. The number of hydrogen-bond acceptors (Lipinski definition) is 6. The number of anilines is 1. The normalized spacial score (nSPS) is 15.2. The molecule has 1 amide bonds. The van der Waals surface area contributed by atoms with Crippen molar-refractivity contribution in [3.63, 3.8) is 0 Å². The number of rotatable bonds is 8. The summed E-state index contributed by atoms with van der Waals surface area (Å²) < 4.78 is 12.3. The second kappa shape index (κ2) is 10.2. The molecule has 1 aliphatic heterocycles. The maximum atomic E-state index is 12.7. The predicted molar refractivity (Wildman–Crippen MR) is 109 cm³/mol. The van der Waals surface area contributed by atoms with Crippen molar-refractivity contribution in [3.8, 4) is 5.69 Å². The molecule has 1 saturated heterocycles. The van der Waals surface area contributed by atoms with Crippen LogP contribution in [-0.4, -0.2) is 65.5 Å². The Morgan fingerprint density at radius 1 is 1.14 bits per heavy atom. The van der Waals surface area contributed by atoms with Gasteiger partial charge in [0.25, 0.3) is 0 Å². The van der Waals surface area contributed by atoms with Crippen LogP contribution in [0.5, 0.6) is 0 Å². The lowest BCUT2D eigenvalue weighted by Crippen LogP contribution is -2.41. The van der Waals surface area contributed by atoms with E-state index in [-0.39, 0.29) is 30.7 Å². The lowest BCUT2D eigenvalue weighted by Gasteiger charge is -2.31. The highest BCUT2D eigenvalue weighted by Crippen LogP contribution is 2.21. The number of carbonyl (C=O) groups excluding carboxylic acids is 2. The molecule has 1 N–H and O–H groups in total. The fourth-order valence-corrected chi connectivity index (χ4v) is 3.44. The van der Waals surface area contributed by atoms with Crippen molar-refractivity contribution in [1.82, 2.24) is 14.7 Å². The highest BCUT2D eigenvalue weighted by molar-refractivity contribution is 6.01. The van der Waals surface area contributed by atoms with Gasteiger partial charge in [-0.15, -0.1) is 0 Å². The summed E-state index contributed by atoms with van der Waals surface area (Å²) in [5.74, 6) is -0.380. The minimum absolute atomic E-state index is 0.192. The molecular formula is C21H28N4O4. The summed E-state index contributed by atoms with van der Waals surface area (Å²) in [5, 5.41) is 7.16. The van der Waals surface area contributed by atoms with E-state index in [1.165, 1.54) is 6.20 Å². The lowest BCUT2D eigenvalue weighted by molar-refractivity contribution is -0.118. The van der Waals surface area contributed by atoms with Crippen molar-refractivity contribution in [3.05, 3.63) is 42.1 Å². The zero-order chi connectivity index (χ0) is 20.6. The fraction of sp³-hybridized carbons (Fsp3) is 0.476. The average Bonchev–Trinajstić information content (AvgIpc) is 3.14.